The van der Waals surface area contributed by atoms with Crippen LogP contribution in [0.4, 0.5) is 0 Å². The van der Waals surface area contributed by atoms with Crippen molar-refractivity contribution in [3.05, 3.63) is 78.2 Å². The lowest BCUT2D eigenvalue weighted by Crippen LogP contribution is -2.22. The molecule has 4 rings (SSSR count). The van der Waals surface area contributed by atoms with Gasteiger partial charge in [-0.15, -0.1) is 0 Å². The molecule has 26 heavy (non-hydrogen) atoms. The van der Waals surface area contributed by atoms with Crippen molar-refractivity contribution in [2.24, 2.45) is 0 Å². The number of benzene rings is 1. The Morgan fingerprint density at radius 2 is 2.08 bits per heavy atom. The highest BCUT2D eigenvalue weighted by atomic mass is 16.5. The highest BCUT2D eigenvalue weighted by molar-refractivity contribution is 5.80. The molecule has 2 heterocycles. The van der Waals surface area contributed by atoms with Gasteiger partial charge in [-0.2, -0.15) is 0 Å². The number of hydrogen-bond donors (Lipinski definition) is 1. The second kappa shape index (κ2) is 8.59. The van der Waals surface area contributed by atoms with E-state index in [4.69, 9.17) is 4.74 Å². The van der Waals surface area contributed by atoms with Gasteiger partial charge in [0.05, 0.1) is 6.61 Å². The number of allylic oxidation sites excluding steroid dienone is 6. The van der Waals surface area contributed by atoms with Crippen molar-refractivity contribution in [3.8, 4) is 5.75 Å². The normalized spacial score (nSPS) is 16.2. The molecule has 0 saturated heterocycles. The van der Waals surface area contributed by atoms with E-state index < -0.39 is 0 Å². The van der Waals surface area contributed by atoms with Crippen LogP contribution in [-0.2, 0) is 0 Å². The molecule has 0 radical (unpaired) electrons. The zero-order valence-corrected chi connectivity index (χ0v) is 14.9. The second-order valence-corrected chi connectivity index (χ2v) is 6.54. The SMILES string of the molecule is C1=CCC(C2=CCN(CCCOc3ccc4cc[nH]c4c3)C=C2)=CC1.O. The molecule has 2 aliphatic rings. The van der Waals surface area contributed by atoms with Crippen LogP contribution in [0.1, 0.15) is 19.3 Å². The Labute approximate surface area is 154 Å². The van der Waals surface area contributed by atoms with E-state index in [-0.39, 0.29) is 5.48 Å². The van der Waals surface area contributed by atoms with Gasteiger partial charge in [-0.1, -0.05) is 24.3 Å². The molecule has 3 N–H and O–H groups in total. The van der Waals surface area contributed by atoms with Gasteiger partial charge in [0.15, 0.2) is 0 Å². The fourth-order valence-electron chi connectivity index (χ4n) is 3.34. The first-order chi connectivity index (χ1) is 12.4. The highest BCUT2D eigenvalue weighted by Gasteiger charge is 2.09. The van der Waals surface area contributed by atoms with Crippen LogP contribution in [0.25, 0.3) is 10.9 Å². The Morgan fingerprint density at radius 3 is 2.88 bits per heavy atom. The third-order valence-corrected chi connectivity index (χ3v) is 4.77. The number of aromatic amines is 1. The number of nitrogens with zero attached hydrogens (tertiary/aromatic N) is 1. The summed E-state index contributed by atoms with van der Waals surface area (Å²) < 4.78 is 5.89. The van der Waals surface area contributed by atoms with E-state index in [2.05, 4.69) is 64.7 Å². The van der Waals surface area contributed by atoms with Gasteiger partial charge in [-0.05, 0) is 66.3 Å². The molecule has 0 atom stereocenters. The lowest BCUT2D eigenvalue weighted by molar-refractivity contribution is 0.283. The van der Waals surface area contributed by atoms with E-state index in [0.29, 0.717) is 0 Å². The van der Waals surface area contributed by atoms with Crippen molar-refractivity contribution in [1.82, 2.24) is 9.88 Å². The van der Waals surface area contributed by atoms with Crippen LogP contribution in [0.2, 0.25) is 0 Å². The van der Waals surface area contributed by atoms with E-state index in [9.17, 15) is 0 Å². The van der Waals surface area contributed by atoms with E-state index in [0.717, 1.165) is 50.2 Å². The molecule has 1 aliphatic heterocycles. The molecule has 0 spiro atoms. The van der Waals surface area contributed by atoms with E-state index in [1.807, 2.05) is 12.3 Å². The predicted molar refractivity (Wildman–Crippen MR) is 107 cm³/mol. The first-order valence-electron chi connectivity index (χ1n) is 9.05. The molecule has 1 aromatic carbocycles. The molecule has 1 aromatic heterocycles. The molecule has 2 aromatic rings. The Balaban J connectivity index is 0.00000196. The Kier molecular flexibility index (Phi) is 5.97. The van der Waals surface area contributed by atoms with Crippen LogP contribution in [0, 0.1) is 0 Å². The van der Waals surface area contributed by atoms with Crippen molar-refractivity contribution in [2.75, 3.05) is 19.7 Å². The molecule has 1 aliphatic carbocycles. The summed E-state index contributed by atoms with van der Waals surface area (Å²) in [4.78, 5) is 5.57. The van der Waals surface area contributed by atoms with Crippen molar-refractivity contribution >= 4 is 10.9 Å². The van der Waals surface area contributed by atoms with Gasteiger partial charge in [0.25, 0.3) is 0 Å². The van der Waals surface area contributed by atoms with E-state index in [1.165, 1.54) is 16.5 Å². The number of H-pyrrole nitrogens is 1. The number of fused-ring (bicyclic) bond motifs is 1. The molecule has 0 bridgehead atoms. The summed E-state index contributed by atoms with van der Waals surface area (Å²) in [5, 5.41) is 1.22. The molecule has 0 unspecified atom stereocenters. The third kappa shape index (κ3) is 4.27. The minimum absolute atomic E-state index is 0. The van der Waals surface area contributed by atoms with Crippen molar-refractivity contribution < 1.29 is 10.2 Å². The van der Waals surface area contributed by atoms with Crippen LogP contribution in [0.15, 0.2) is 78.2 Å². The first kappa shape index (κ1) is 18.1. The Morgan fingerprint density at radius 1 is 1.12 bits per heavy atom. The average Bonchev–Trinajstić information content (AvgIpc) is 3.14. The minimum Gasteiger partial charge on any atom is -0.493 e. The quantitative estimate of drug-likeness (QED) is 0.628. The smallest absolute Gasteiger partial charge is 0.121 e. The van der Waals surface area contributed by atoms with Crippen molar-refractivity contribution in [1.29, 1.82) is 0 Å². The summed E-state index contributed by atoms with van der Waals surface area (Å²) in [7, 11) is 0. The lowest BCUT2D eigenvalue weighted by Gasteiger charge is -2.23. The molecular formula is C22H26N2O2. The predicted octanol–water partition coefficient (Wildman–Crippen LogP) is 4.14. The fraction of sp³-hybridized carbons (Fsp3) is 0.273. The molecule has 4 nitrogen and oxygen atoms in total. The maximum atomic E-state index is 5.89. The van der Waals surface area contributed by atoms with E-state index in [1.54, 1.807) is 0 Å². The monoisotopic (exact) mass is 350 g/mol. The summed E-state index contributed by atoms with van der Waals surface area (Å²) in [5.41, 5.74) is 3.97. The zero-order valence-electron chi connectivity index (χ0n) is 14.9. The number of ether oxygens (including phenoxy) is 1. The summed E-state index contributed by atoms with van der Waals surface area (Å²) >= 11 is 0. The Bertz CT molecular complexity index is 858. The van der Waals surface area contributed by atoms with Crippen LogP contribution in [0.5, 0.6) is 5.75 Å². The topological polar surface area (TPSA) is 59.8 Å². The van der Waals surface area contributed by atoms with Gasteiger partial charge in [-0.3, -0.25) is 0 Å². The third-order valence-electron chi connectivity index (χ3n) is 4.77. The summed E-state index contributed by atoms with van der Waals surface area (Å²) in [5.74, 6) is 0.934. The standard InChI is InChI=1S/C22H24N2O.H2O/c1-2-5-18(6-3-1)19-10-14-24(15-11-19)13-4-16-25-21-8-7-20-9-12-23-22(20)17-21;/h1-2,6-12,14,17,23H,3-5,13,15-16H2;1H2. The zero-order chi connectivity index (χ0) is 16.9. The number of nitrogens with one attached hydrogen (secondary N) is 1. The number of hydrogen-bond acceptors (Lipinski definition) is 2. The maximum Gasteiger partial charge on any atom is 0.121 e. The molecular weight excluding hydrogens is 324 g/mol. The fourth-order valence-corrected chi connectivity index (χ4v) is 3.34. The van der Waals surface area contributed by atoms with Gasteiger partial charge in [-0.25, -0.2) is 0 Å². The van der Waals surface area contributed by atoms with Gasteiger partial charge < -0.3 is 20.1 Å². The molecule has 4 heteroatoms. The van der Waals surface area contributed by atoms with Gasteiger partial charge >= 0.3 is 0 Å². The molecule has 0 amide bonds. The second-order valence-electron chi connectivity index (χ2n) is 6.54. The summed E-state index contributed by atoms with van der Waals surface area (Å²) in [6.45, 7) is 2.74. The minimum atomic E-state index is 0. The molecule has 136 valence electrons. The number of rotatable bonds is 6. The highest BCUT2D eigenvalue weighted by Crippen LogP contribution is 2.23. The van der Waals surface area contributed by atoms with Crippen LogP contribution < -0.4 is 4.74 Å². The average molecular weight is 350 g/mol. The van der Waals surface area contributed by atoms with Crippen molar-refractivity contribution in [2.45, 2.75) is 19.3 Å². The van der Waals surface area contributed by atoms with Crippen LogP contribution in [-0.4, -0.2) is 35.1 Å². The van der Waals surface area contributed by atoms with Crippen LogP contribution >= 0.6 is 0 Å². The Hall–Kier alpha value is -2.72. The lowest BCUT2D eigenvalue weighted by atomic mass is 9.96. The largest absolute Gasteiger partial charge is 0.493 e. The first-order valence-corrected chi connectivity index (χ1v) is 9.05. The number of aromatic nitrogens is 1. The van der Waals surface area contributed by atoms with Crippen molar-refractivity contribution in [3.63, 3.8) is 0 Å². The van der Waals surface area contributed by atoms with E-state index >= 15 is 0 Å². The molecule has 0 fully saturated rings. The summed E-state index contributed by atoms with van der Waals surface area (Å²) in [6.07, 6.45) is 18.7. The van der Waals surface area contributed by atoms with Crippen LogP contribution in [0.3, 0.4) is 0 Å². The maximum absolute atomic E-state index is 5.89. The van der Waals surface area contributed by atoms with Gasteiger partial charge in [0.1, 0.15) is 5.75 Å². The van der Waals surface area contributed by atoms with Gasteiger partial charge in [0.2, 0.25) is 0 Å². The summed E-state index contributed by atoms with van der Waals surface area (Å²) in [6, 6.07) is 8.27. The molecule has 0 saturated carbocycles. The van der Waals surface area contributed by atoms with Gasteiger partial charge in [0, 0.05) is 30.9 Å².